The van der Waals surface area contributed by atoms with Crippen LogP contribution in [0.3, 0.4) is 0 Å². The van der Waals surface area contributed by atoms with Crippen LogP contribution in [0.15, 0.2) is 38.3 Å². The largest absolute Gasteiger partial charge is 0.461 e. The maximum absolute atomic E-state index is 12.5. The minimum absolute atomic E-state index is 0.325. The summed E-state index contributed by atoms with van der Waals surface area (Å²) in [7, 11) is -3.53. The smallest absolute Gasteiger partial charge is 0.271 e. The van der Waals surface area contributed by atoms with E-state index >= 15 is 0 Å². The molecule has 4 rings (SSSR count). The van der Waals surface area contributed by atoms with E-state index in [1.165, 1.54) is 16.9 Å². The second kappa shape index (κ2) is 5.39. The van der Waals surface area contributed by atoms with Crippen molar-refractivity contribution in [2.24, 2.45) is 0 Å². The van der Waals surface area contributed by atoms with Gasteiger partial charge >= 0.3 is 0 Å². The molecule has 0 fully saturated rings. The zero-order valence-corrected chi connectivity index (χ0v) is 14.4. The van der Waals surface area contributed by atoms with Crippen molar-refractivity contribution >= 4 is 38.0 Å². The summed E-state index contributed by atoms with van der Waals surface area (Å²) < 4.78 is 33.9. The van der Waals surface area contributed by atoms with Crippen LogP contribution in [0, 0.1) is 6.92 Å². The highest BCUT2D eigenvalue weighted by Gasteiger charge is 2.21. The van der Waals surface area contributed by atoms with Gasteiger partial charge in [0.05, 0.1) is 5.69 Å². The van der Waals surface area contributed by atoms with Crippen molar-refractivity contribution in [1.29, 1.82) is 0 Å². The van der Waals surface area contributed by atoms with E-state index in [1.54, 1.807) is 17.5 Å². The first-order valence-electron chi connectivity index (χ1n) is 7.66. The first-order valence-corrected chi connectivity index (χ1v) is 10.0. The second-order valence-corrected chi connectivity index (χ2v) is 8.77. The van der Waals surface area contributed by atoms with E-state index in [1.807, 2.05) is 19.1 Å². The molecule has 0 aliphatic heterocycles. The molecule has 4 nitrogen and oxygen atoms in total. The van der Waals surface area contributed by atoms with Crippen LogP contribution in [-0.4, -0.2) is 8.42 Å². The maximum atomic E-state index is 12.5. The molecule has 0 saturated carbocycles. The fourth-order valence-electron chi connectivity index (χ4n) is 3.13. The summed E-state index contributed by atoms with van der Waals surface area (Å²) in [6.45, 7) is 1.90. The number of benzene rings is 1. The monoisotopic (exact) mass is 347 g/mol. The van der Waals surface area contributed by atoms with Crippen LogP contribution in [-0.2, 0) is 22.9 Å². The van der Waals surface area contributed by atoms with Crippen molar-refractivity contribution in [1.82, 2.24) is 0 Å². The van der Waals surface area contributed by atoms with Crippen molar-refractivity contribution in [3.05, 3.63) is 46.5 Å². The third-order valence-corrected chi connectivity index (χ3v) is 7.07. The molecule has 1 N–H and O–H groups in total. The normalized spacial score (nSPS) is 14.8. The number of hydrogen-bond donors (Lipinski definition) is 1. The van der Waals surface area contributed by atoms with Gasteiger partial charge in [0.2, 0.25) is 0 Å². The standard InChI is InChI=1S/C17H17NO3S2/c1-11-9-16-13(12-5-2-3-6-15(12)21-16)10-14(11)18-23(19,20)17-7-4-8-22-17/h4,7-10,18H,2-3,5-6H2,1H3. The van der Waals surface area contributed by atoms with E-state index in [0.29, 0.717) is 9.90 Å². The fraction of sp³-hybridized carbons (Fsp3) is 0.294. The van der Waals surface area contributed by atoms with Crippen molar-refractivity contribution in [3.63, 3.8) is 0 Å². The molecule has 0 atom stereocenters. The van der Waals surface area contributed by atoms with Gasteiger partial charge in [-0.05, 0) is 55.3 Å². The maximum Gasteiger partial charge on any atom is 0.271 e. The molecule has 0 amide bonds. The molecule has 0 unspecified atom stereocenters. The topological polar surface area (TPSA) is 59.3 Å². The van der Waals surface area contributed by atoms with Crippen LogP contribution in [0.2, 0.25) is 0 Å². The van der Waals surface area contributed by atoms with E-state index in [-0.39, 0.29) is 0 Å². The highest BCUT2D eigenvalue weighted by molar-refractivity contribution is 7.94. The van der Waals surface area contributed by atoms with E-state index in [4.69, 9.17) is 4.42 Å². The Morgan fingerprint density at radius 2 is 2.04 bits per heavy atom. The first-order chi connectivity index (χ1) is 11.0. The van der Waals surface area contributed by atoms with E-state index in [0.717, 1.165) is 48.0 Å². The van der Waals surface area contributed by atoms with Crippen molar-refractivity contribution in [2.75, 3.05) is 4.72 Å². The number of furan rings is 1. The fourth-order valence-corrected chi connectivity index (χ4v) is 5.25. The molecule has 1 aromatic carbocycles. The number of aryl methyl sites for hydroxylation is 3. The van der Waals surface area contributed by atoms with Gasteiger partial charge in [-0.25, -0.2) is 8.42 Å². The Balaban J connectivity index is 1.80. The summed E-state index contributed by atoms with van der Waals surface area (Å²) in [5.74, 6) is 1.06. The molecule has 23 heavy (non-hydrogen) atoms. The lowest BCUT2D eigenvalue weighted by Gasteiger charge is -2.11. The van der Waals surface area contributed by atoms with Crippen LogP contribution in [0.4, 0.5) is 5.69 Å². The molecular weight excluding hydrogens is 330 g/mol. The van der Waals surface area contributed by atoms with Gasteiger partial charge in [0, 0.05) is 17.4 Å². The number of fused-ring (bicyclic) bond motifs is 3. The van der Waals surface area contributed by atoms with Crippen molar-refractivity contribution in [3.8, 4) is 0 Å². The Kier molecular flexibility index (Phi) is 3.46. The van der Waals surface area contributed by atoms with Crippen LogP contribution < -0.4 is 4.72 Å². The summed E-state index contributed by atoms with van der Waals surface area (Å²) in [4.78, 5) is 0. The van der Waals surface area contributed by atoms with Crippen LogP contribution in [0.1, 0.15) is 29.7 Å². The average Bonchev–Trinajstić information content (AvgIpc) is 3.15. The molecule has 120 valence electrons. The Morgan fingerprint density at radius 3 is 2.83 bits per heavy atom. The Bertz CT molecular complexity index is 969. The van der Waals surface area contributed by atoms with E-state index in [2.05, 4.69) is 4.72 Å². The van der Waals surface area contributed by atoms with Gasteiger partial charge in [0.1, 0.15) is 15.6 Å². The number of rotatable bonds is 3. The number of thiophene rings is 1. The van der Waals surface area contributed by atoms with Crippen molar-refractivity contribution < 1.29 is 12.8 Å². The molecule has 0 bridgehead atoms. The molecule has 1 aliphatic carbocycles. The van der Waals surface area contributed by atoms with Gasteiger partial charge in [0.25, 0.3) is 10.0 Å². The van der Waals surface area contributed by atoms with Gasteiger partial charge in [0.15, 0.2) is 0 Å². The third-order valence-electron chi connectivity index (χ3n) is 4.31. The Hall–Kier alpha value is -1.79. The highest BCUT2D eigenvalue weighted by Crippen LogP contribution is 2.35. The van der Waals surface area contributed by atoms with Gasteiger partial charge in [-0.1, -0.05) is 6.07 Å². The van der Waals surface area contributed by atoms with Crippen LogP contribution >= 0.6 is 11.3 Å². The van der Waals surface area contributed by atoms with Gasteiger partial charge in [-0.3, -0.25) is 4.72 Å². The van der Waals surface area contributed by atoms with Crippen LogP contribution in [0.5, 0.6) is 0 Å². The molecule has 2 heterocycles. The molecule has 1 aliphatic rings. The van der Waals surface area contributed by atoms with E-state index in [9.17, 15) is 8.42 Å². The lowest BCUT2D eigenvalue weighted by molar-refractivity contribution is 0.506. The molecule has 6 heteroatoms. The molecule has 2 aromatic heterocycles. The number of sulfonamides is 1. The summed E-state index contributed by atoms with van der Waals surface area (Å²) in [6.07, 6.45) is 4.29. The predicted molar refractivity (Wildman–Crippen MR) is 92.7 cm³/mol. The zero-order valence-electron chi connectivity index (χ0n) is 12.8. The quantitative estimate of drug-likeness (QED) is 0.760. The minimum Gasteiger partial charge on any atom is -0.461 e. The molecular formula is C17H17NO3S2. The molecule has 0 spiro atoms. The van der Waals surface area contributed by atoms with Gasteiger partial charge < -0.3 is 4.42 Å². The van der Waals surface area contributed by atoms with Crippen LogP contribution in [0.25, 0.3) is 11.0 Å². The molecule has 3 aromatic rings. The first kappa shape index (κ1) is 14.8. The Labute approximate surface area is 139 Å². The summed E-state index contributed by atoms with van der Waals surface area (Å²) >= 11 is 1.21. The Morgan fingerprint density at radius 1 is 1.22 bits per heavy atom. The minimum atomic E-state index is -3.53. The average molecular weight is 347 g/mol. The van der Waals surface area contributed by atoms with Gasteiger partial charge in [-0.2, -0.15) is 0 Å². The molecule has 0 radical (unpaired) electrons. The summed E-state index contributed by atoms with van der Waals surface area (Å²) in [5, 5.41) is 2.80. The number of hydrogen-bond acceptors (Lipinski definition) is 4. The molecule has 0 saturated heterocycles. The van der Waals surface area contributed by atoms with E-state index < -0.39 is 10.0 Å². The SMILES string of the molecule is Cc1cc2oc3c(c2cc1NS(=O)(=O)c1cccs1)CCCC3. The third kappa shape index (κ3) is 2.56. The zero-order chi connectivity index (χ0) is 16.0. The lowest BCUT2D eigenvalue weighted by Crippen LogP contribution is -2.12. The number of nitrogens with one attached hydrogen (secondary N) is 1. The summed E-state index contributed by atoms with van der Waals surface area (Å²) in [6, 6.07) is 7.20. The van der Waals surface area contributed by atoms with Crippen molar-refractivity contribution in [2.45, 2.75) is 36.8 Å². The number of anilines is 1. The summed E-state index contributed by atoms with van der Waals surface area (Å²) in [5.41, 5.74) is 3.58. The highest BCUT2D eigenvalue weighted by atomic mass is 32.2. The lowest BCUT2D eigenvalue weighted by atomic mass is 9.95. The second-order valence-electron chi connectivity index (χ2n) is 5.91. The van der Waals surface area contributed by atoms with Gasteiger partial charge in [-0.15, -0.1) is 11.3 Å². The predicted octanol–water partition coefficient (Wildman–Crippen LogP) is 4.48.